The van der Waals surface area contributed by atoms with Crippen LogP contribution in [0.1, 0.15) is 67.2 Å². The standard InChI is InChI=1S/C41H39NS/c1-27(2)24-37-32(15-10-18-35(37)34-17-9-14-30-12-5-7-16-33(30)34)26-43-41-28(3)25-38-36(41)19-11-21-40(38)42-29(4)22-23-31-13-6-8-20-39(31)42/h5-21,24-25,29,41H,22-23,26H2,1-4H3. The molecule has 0 spiro atoms. The zero-order chi connectivity index (χ0) is 29.5. The number of benzene rings is 5. The third-order valence-electron chi connectivity index (χ3n) is 9.08. The third kappa shape index (κ3) is 5.12. The highest BCUT2D eigenvalue weighted by Crippen LogP contribution is 2.50. The Hall–Kier alpha value is -4.01. The highest BCUT2D eigenvalue weighted by atomic mass is 32.2. The van der Waals surface area contributed by atoms with E-state index in [9.17, 15) is 0 Å². The Morgan fingerprint density at radius 2 is 1.53 bits per heavy atom. The second-order valence-corrected chi connectivity index (χ2v) is 13.5. The molecule has 5 aromatic carbocycles. The first kappa shape index (κ1) is 27.8. The number of rotatable bonds is 6. The SMILES string of the molecule is CC(C)=Cc1c(CSC2C(C)=Cc3c2cccc3N2c3ccccc3CCC2C)cccc1-c1cccc2ccccc12. The number of fused-ring (bicyclic) bond motifs is 3. The molecule has 0 saturated carbocycles. The number of hydrogen-bond acceptors (Lipinski definition) is 2. The molecule has 43 heavy (non-hydrogen) atoms. The van der Waals surface area contributed by atoms with Crippen LogP contribution in [0, 0.1) is 0 Å². The van der Waals surface area contributed by atoms with Gasteiger partial charge in [0.25, 0.3) is 0 Å². The fraction of sp³-hybridized carbons (Fsp3) is 0.220. The summed E-state index contributed by atoms with van der Waals surface area (Å²) in [5.74, 6) is 0.959. The average Bonchev–Trinajstić information content (AvgIpc) is 3.35. The van der Waals surface area contributed by atoms with Gasteiger partial charge in [-0.2, -0.15) is 0 Å². The Morgan fingerprint density at radius 3 is 2.42 bits per heavy atom. The molecule has 2 heteroatoms. The van der Waals surface area contributed by atoms with Crippen molar-refractivity contribution in [2.24, 2.45) is 0 Å². The van der Waals surface area contributed by atoms with Gasteiger partial charge in [0.05, 0.1) is 5.25 Å². The molecule has 5 aromatic rings. The Labute approximate surface area is 261 Å². The molecule has 0 N–H and O–H groups in total. The summed E-state index contributed by atoms with van der Waals surface area (Å²) >= 11 is 2.06. The third-order valence-corrected chi connectivity index (χ3v) is 10.5. The van der Waals surface area contributed by atoms with Crippen molar-refractivity contribution in [2.45, 2.75) is 57.6 Å². The molecule has 1 aliphatic heterocycles. The largest absolute Gasteiger partial charge is 0.338 e. The van der Waals surface area contributed by atoms with E-state index in [1.54, 1.807) is 0 Å². The van der Waals surface area contributed by atoms with Gasteiger partial charge in [-0.1, -0.05) is 114 Å². The second kappa shape index (κ2) is 11.6. The minimum absolute atomic E-state index is 0.353. The number of thioether (sulfide) groups is 1. The number of anilines is 2. The highest BCUT2D eigenvalue weighted by Gasteiger charge is 2.31. The van der Waals surface area contributed by atoms with Crippen LogP contribution in [-0.4, -0.2) is 6.04 Å². The molecule has 2 unspecified atom stereocenters. The summed E-state index contributed by atoms with van der Waals surface area (Å²) in [6, 6.07) is 38.7. The van der Waals surface area contributed by atoms with Crippen molar-refractivity contribution in [3.05, 3.63) is 142 Å². The molecule has 214 valence electrons. The molecule has 1 nitrogen and oxygen atoms in total. The Bertz CT molecular complexity index is 1880. The lowest BCUT2D eigenvalue weighted by molar-refractivity contribution is 0.618. The van der Waals surface area contributed by atoms with Gasteiger partial charge in [0, 0.05) is 28.7 Å². The van der Waals surface area contributed by atoms with E-state index < -0.39 is 0 Å². The van der Waals surface area contributed by atoms with Crippen molar-refractivity contribution in [3.63, 3.8) is 0 Å². The molecule has 0 fully saturated rings. The van der Waals surface area contributed by atoms with Crippen LogP contribution in [0.4, 0.5) is 11.4 Å². The maximum absolute atomic E-state index is 2.59. The number of allylic oxidation sites excluding steroid dienone is 1. The van der Waals surface area contributed by atoms with Gasteiger partial charge in [-0.25, -0.2) is 0 Å². The zero-order valence-corrected chi connectivity index (χ0v) is 26.4. The molecule has 0 radical (unpaired) electrons. The number of nitrogens with zero attached hydrogens (tertiary/aromatic N) is 1. The van der Waals surface area contributed by atoms with Crippen LogP contribution in [0.2, 0.25) is 0 Å². The molecule has 7 rings (SSSR count). The van der Waals surface area contributed by atoms with E-state index in [1.807, 2.05) is 0 Å². The summed E-state index contributed by atoms with van der Waals surface area (Å²) in [5.41, 5.74) is 15.2. The first-order valence-electron chi connectivity index (χ1n) is 15.5. The van der Waals surface area contributed by atoms with E-state index in [-0.39, 0.29) is 0 Å². The average molecular weight is 578 g/mol. The van der Waals surface area contributed by atoms with Gasteiger partial charge in [0.1, 0.15) is 0 Å². The lowest BCUT2D eigenvalue weighted by Gasteiger charge is -2.38. The van der Waals surface area contributed by atoms with Crippen molar-refractivity contribution in [3.8, 4) is 11.1 Å². The summed E-state index contributed by atoms with van der Waals surface area (Å²) in [6.45, 7) is 9.11. The number of aryl methyl sites for hydroxylation is 1. The Balaban J connectivity index is 1.24. The fourth-order valence-electron chi connectivity index (χ4n) is 7.06. The van der Waals surface area contributed by atoms with Crippen LogP contribution < -0.4 is 4.90 Å². The van der Waals surface area contributed by atoms with E-state index in [2.05, 4.69) is 160 Å². The van der Waals surface area contributed by atoms with Crippen molar-refractivity contribution in [1.29, 1.82) is 0 Å². The van der Waals surface area contributed by atoms with Gasteiger partial charge < -0.3 is 4.90 Å². The first-order chi connectivity index (χ1) is 21.0. The van der Waals surface area contributed by atoms with Crippen molar-refractivity contribution in [2.75, 3.05) is 4.90 Å². The Kier molecular flexibility index (Phi) is 7.49. The van der Waals surface area contributed by atoms with Gasteiger partial charge in [-0.05, 0) is 96.8 Å². The summed E-state index contributed by atoms with van der Waals surface area (Å²) < 4.78 is 0. The highest BCUT2D eigenvalue weighted by molar-refractivity contribution is 7.99. The van der Waals surface area contributed by atoms with Gasteiger partial charge in [-0.15, -0.1) is 11.8 Å². The van der Waals surface area contributed by atoms with E-state index in [0.29, 0.717) is 11.3 Å². The van der Waals surface area contributed by atoms with Crippen LogP contribution in [0.15, 0.2) is 114 Å². The van der Waals surface area contributed by atoms with E-state index in [1.165, 1.54) is 78.7 Å². The molecule has 0 amide bonds. The van der Waals surface area contributed by atoms with Gasteiger partial charge in [0.15, 0.2) is 0 Å². The number of hydrogen-bond donors (Lipinski definition) is 0. The molecule has 2 aliphatic rings. The predicted molar refractivity (Wildman–Crippen MR) is 189 cm³/mol. The van der Waals surface area contributed by atoms with Gasteiger partial charge >= 0.3 is 0 Å². The summed E-state index contributed by atoms with van der Waals surface area (Å²) in [5, 5.41) is 2.95. The predicted octanol–water partition coefficient (Wildman–Crippen LogP) is 11.8. The second-order valence-electron chi connectivity index (χ2n) is 12.4. The molecule has 0 bridgehead atoms. The topological polar surface area (TPSA) is 3.24 Å². The van der Waals surface area contributed by atoms with Crippen LogP contribution in [-0.2, 0) is 12.2 Å². The van der Waals surface area contributed by atoms with Gasteiger partial charge in [0.2, 0.25) is 0 Å². The minimum atomic E-state index is 0.353. The van der Waals surface area contributed by atoms with Crippen molar-refractivity contribution < 1.29 is 0 Å². The quantitative estimate of drug-likeness (QED) is 0.197. The minimum Gasteiger partial charge on any atom is -0.338 e. The molecule has 2 atom stereocenters. The summed E-state index contributed by atoms with van der Waals surface area (Å²) in [6.07, 6.45) is 7.17. The molecular weight excluding hydrogens is 539 g/mol. The maximum Gasteiger partial charge on any atom is 0.0517 e. The summed E-state index contributed by atoms with van der Waals surface area (Å²) in [4.78, 5) is 2.59. The molecule has 0 saturated heterocycles. The smallest absolute Gasteiger partial charge is 0.0517 e. The van der Waals surface area contributed by atoms with Gasteiger partial charge in [-0.3, -0.25) is 0 Å². The molecule has 1 heterocycles. The maximum atomic E-state index is 2.59. The van der Waals surface area contributed by atoms with Crippen LogP contribution in [0.5, 0.6) is 0 Å². The van der Waals surface area contributed by atoms with Crippen molar-refractivity contribution >= 4 is 46.1 Å². The Morgan fingerprint density at radius 1 is 0.814 bits per heavy atom. The number of para-hydroxylation sites is 1. The summed E-state index contributed by atoms with van der Waals surface area (Å²) in [7, 11) is 0. The fourth-order valence-corrected chi connectivity index (χ4v) is 8.37. The molecule has 1 aliphatic carbocycles. The lowest BCUT2D eigenvalue weighted by atomic mass is 9.91. The molecule has 0 aromatic heterocycles. The monoisotopic (exact) mass is 577 g/mol. The van der Waals surface area contributed by atoms with E-state index >= 15 is 0 Å². The first-order valence-corrected chi connectivity index (χ1v) is 16.6. The van der Waals surface area contributed by atoms with Crippen molar-refractivity contribution in [1.82, 2.24) is 0 Å². The van der Waals surface area contributed by atoms with Crippen LogP contribution >= 0.6 is 11.8 Å². The van der Waals surface area contributed by atoms with E-state index in [0.717, 1.165) is 12.2 Å². The van der Waals surface area contributed by atoms with Crippen LogP contribution in [0.3, 0.4) is 0 Å². The lowest BCUT2D eigenvalue weighted by Crippen LogP contribution is -2.33. The zero-order valence-electron chi connectivity index (χ0n) is 25.6. The molecular formula is C41H39NS. The normalized spacial score (nSPS) is 17.4. The van der Waals surface area contributed by atoms with E-state index in [4.69, 9.17) is 0 Å². The van der Waals surface area contributed by atoms with Crippen LogP contribution in [0.25, 0.3) is 34.1 Å².